The third-order valence-electron chi connectivity index (χ3n) is 5.20. The molecule has 0 aliphatic carbocycles. The fraction of sp³-hybridized carbons (Fsp3) is 0.611. The molecule has 1 amide bonds. The molecule has 1 aromatic carbocycles. The van der Waals surface area contributed by atoms with Crippen LogP contribution < -0.4 is 5.32 Å². The first kappa shape index (κ1) is 17.3. The van der Waals surface area contributed by atoms with Crippen LogP contribution in [0, 0.1) is 6.92 Å². The lowest BCUT2D eigenvalue weighted by Crippen LogP contribution is -2.50. The normalized spacial score (nSPS) is 24.6. The minimum absolute atomic E-state index is 0. The van der Waals surface area contributed by atoms with Gasteiger partial charge in [0, 0.05) is 18.6 Å². The average Bonchev–Trinajstić information content (AvgIpc) is 2.71. The van der Waals surface area contributed by atoms with Gasteiger partial charge in [-0.2, -0.15) is 0 Å². The van der Waals surface area contributed by atoms with Gasteiger partial charge in [0.25, 0.3) is 0 Å². The Morgan fingerprint density at radius 1 is 1.14 bits per heavy atom. The molecule has 2 atom stereocenters. The van der Waals surface area contributed by atoms with Crippen molar-refractivity contribution < 1.29 is 4.79 Å². The van der Waals surface area contributed by atoms with E-state index in [-0.39, 0.29) is 12.4 Å². The zero-order valence-corrected chi connectivity index (χ0v) is 14.6. The molecular weight excluding hydrogens is 296 g/mol. The Morgan fingerprint density at radius 3 is 2.45 bits per heavy atom. The van der Waals surface area contributed by atoms with Crippen LogP contribution in [0.2, 0.25) is 0 Å². The monoisotopic (exact) mass is 322 g/mol. The smallest absolute Gasteiger partial charge is 0.233 e. The van der Waals surface area contributed by atoms with Crippen LogP contribution in [0.4, 0.5) is 0 Å². The van der Waals surface area contributed by atoms with E-state index in [0.717, 1.165) is 31.5 Å². The van der Waals surface area contributed by atoms with Gasteiger partial charge in [-0.1, -0.05) is 29.8 Å². The predicted molar refractivity (Wildman–Crippen MR) is 92.6 cm³/mol. The zero-order valence-electron chi connectivity index (χ0n) is 13.8. The van der Waals surface area contributed by atoms with E-state index in [0.29, 0.717) is 18.0 Å². The number of nitrogens with one attached hydrogen (secondary N) is 1. The summed E-state index contributed by atoms with van der Waals surface area (Å²) < 4.78 is 0. The van der Waals surface area contributed by atoms with E-state index in [4.69, 9.17) is 0 Å². The lowest BCUT2D eigenvalue weighted by molar-refractivity contribution is -0.139. The van der Waals surface area contributed by atoms with E-state index in [1.165, 1.54) is 12.0 Å². The van der Waals surface area contributed by atoms with Gasteiger partial charge in [0.1, 0.15) is 0 Å². The highest BCUT2D eigenvalue weighted by Gasteiger charge is 2.43. The Hall–Kier alpha value is -1.06. The summed E-state index contributed by atoms with van der Waals surface area (Å²) >= 11 is 0. The minimum atomic E-state index is -0.446. The molecule has 1 aromatic rings. The number of nitrogens with zero attached hydrogens (tertiary/aromatic N) is 1. The Bertz CT molecular complexity index is 512. The molecule has 0 aromatic heterocycles. The first-order valence-electron chi connectivity index (χ1n) is 8.11. The maximum atomic E-state index is 13.2. The number of fused-ring (bicyclic) bond motifs is 2. The highest BCUT2D eigenvalue weighted by molar-refractivity contribution is 5.88. The van der Waals surface area contributed by atoms with Crippen molar-refractivity contribution in [3.8, 4) is 0 Å². The number of aryl methyl sites for hydroxylation is 1. The summed E-state index contributed by atoms with van der Waals surface area (Å²) in [7, 11) is 0. The Balaban J connectivity index is 0.00000176. The van der Waals surface area contributed by atoms with Crippen LogP contribution in [0.5, 0.6) is 0 Å². The number of carbonyl (C=O) groups is 1. The van der Waals surface area contributed by atoms with Crippen molar-refractivity contribution >= 4 is 18.3 Å². The average molecular weight is 323 g/mol. The second-order valence-electron chi connectivity index (χ2n) is 7.08. The largest absolute Gasteiger partial charge is 0.335 e. The molecule has 0 spiro atoms. The molecule has 3 rings (SSSR count). The number of hydrogen-bond acceptors (Lipinski definition) is 2. The number of rotatable bonds is 2. The second-order valence-corrected chi connectivity index (χ2v) is 7.08. The quantitative estimate of drug-likeness (QED) is 0.907. The molecule has 0 saturated carbocycles. The van der Waals surface area contributed by atoms with Crippen LogP contribution >= 0.6 is 12.4 Å². The first-order valence-corrected chi connectivity index (χ1v) is 8.11. The summed E-state index contributed by atoms with van der Waals surface area (Å²) in [5, 5.41) is 3.47. The van der Waals surface area contributed by atoms with Crippen LogP contribution in [0.1, 0.15) is 44.2 Å². The van der Waals surface area contributed by atoms with Gasteiger partial charge >= 0.3 is 0 Å². The standard InChI is InChI=1S/C18H26N2O.ClH/c1-13-4-6-14(7-5-13)18(2,3)17(21)20-15-8-9-16(20)12-19-11-10-15;/h4-7,15-16,19H,8-12H2,1-3H3;1H. The number of hydrogen-bond donors (Lipinski definition) is 1. The van der Waals surface area contributed by atoms with Gasteiger partial charge in [-0.3, -0.25) is 4.79 Å². The summed E-state index contributed by atoms with van der Waals surface area (Å²) in [5.41, 5.74) is 1.91. The van der Waals surface area contributed by atoms with Crippen molar-refractivity contribution in [3.63, 3.8) is 0 Å². The lowest BCUT2D eigenvalue weighted by atomic mass is 9.82. The van der Waals surface area contributed by atoms with Gasteiger partial charge in [0.2, 0.25) is 5.91 Å². The molecular formula is C18H27ClN2O. The van der Waals surface area contributed by atoms with Gasteiger partial charge in [0.05, 0.1) is 5.41 Å². The second kappa shape index (κ2) is 6.59. The first-order chi connectivity index (χ1) is 10.00. The Kier molecular flexibility index (Phi) is 5.18. The molecule has 1 N–H and O–H groups in total. The predicted octanol–water partition coefficient (Wildman–Crippen LogP) is 3.05. The third kappa shape index (κ3) is 3.02. The molecule has 2 bridgehead atoms. The Morgan fingerprint density at radius 2 is 1.77 bits per heavy atom. The minimum Gasteiger partial charge on any atom is -0.335 e. The maximum Gasteiger partial charge on any atom is 0.233 e. The fourth-order valence-electron chi connectivity index (χ4n) is 3.73. The molecule has 122 valence electrons. The van der Waals surface area contributed by atoms with Gasteiger partial charge in [0.15, 0.2) is 0 Å². The molecule has 2 aliphatic heterocycles. The fourth-order valence-corrected chi connectivity index (χ4v) is 3.73. The van der Waals surface area contributed by atoms with Gasteiger partial charge in [-0.25, -0.2) is 0 Å². The van der Waals surface area contributed by atoms with Crippen molar-refractivity contribution in [1.82, 2.24) is 10.2 Å². The van der Waals surface area contributed by atoms with Crippen molar-refractivity contribution in [1.29, 1.82) is 0 Å². The Labute approximate surface area is 139 Å². The van der Waals surface area contributed by atoms with Gasteiger partial charge in [-0.15, -0.1) is 12.4 Å². The summed E-state index contributed by atoms with van der Waals surface area (Å²) in [5.74, 6) is 0.294. The molecule has 4 heteroatoms. The molecule has 2 saturated heterocycles. The summed E-state index contributed by atoms with van der Waals surface area (Å²) in [4.78, 5) is 15.4. The topological polar surface area (TPSA) is 32.3 Å². The van der Waals surface area contributed by atoms with Crippen molar-refractivity contribution in [2.75, 3.05) is 13.1 Å². The molecule has 3 nitrogen and oxygen atoms in total. The molecule has 2 heterocycles. The summed E-state index contributed by atoms with van der Waals surface area (Å²) in [6.07, 6.45) is 3.40. The van der Waals surface area contributed by atoms with E-state index in [2.05, 4.69) is 55.3 Å². The summed E-state index contributed by atoms with van der Waals surface area (Å²) in [6, 6.07) is 9.22. The van der Waals surface area contributed by atoms with E-state index in [9.17, 15) is 4.79 Å². The molecule has 2 unspecified atom stereocenters. The third-order valence-corrected chi connectivity index (χ3v) is 5.20. The lowest BCUT2D eigenvalue weighted by Gasteiger charge is -2.36. The van der Waals surface area contributed by atoms with E-state index in [1.54, 1.807) is 0 Å². The van der Waals surface area contributed by atoms with E-state index >= 15 is 0 Å². The van der Waals surface area contributed by atoms with Crippen molar-refractivity contribution in [3.05, 3.63) is 35.4 Å². The SMILES string of the molecule is Cc1ccc(C(C)(C)C(=O)N2C3CCNCC2CC3)cc1.Cl. The highest BCUT2D eigenvalue weighted by atomic mass is 35.5. The maximum absolute atomic E-state index is 13.2. The van der Waals surface area contributed by atoms with E-state index in [1.807, 2.05) is 0 Å². The molecule has 2 fully saturated rings. The number of halogens is 1. The summed E-state index contributed by atoms with van der Waals surface area (Å²) in [6.45, 7) is 8.21. The van der Waals surface area contributed by atoms with E-state index < -0.39 is 5.41 Å². The number of amides is 1. The molecule has 2 aliphatic rings. The molecule has 0 radical (unpaired) electrons. The van der Waals surface area contributed by atoms with Crippen LogP contribution in [0.3, 0.4) is 0 Å². The number of benzene rings is 1. The number of carbonyl (C=O) groups excluding carboxylic acids is 1. The van der Waals surface area contributed by atoms with Crippen LogP contribution in [0.15, 0.2) is 24.3 Å². The van der Waals surface area contributed by atoms with Crippen LogP contribution in [0.25, 0.3) is 0 Å². The van der Waals surface area contributed by atoms with Gasteiger partial charge in [-0.05, 0) is 52.1 Å². The van der Waals surface area contributed by atoms with Gasteiger partial charge < -0.3 is 10.2 Å². The molecule has 22 heavy (non-hydrogen) atoms. The van der Waals surface area contributed by atoms with Crippen molar-refractivity contribution in [2.45, 2.75) is 57.5 Å². The van der Waals surface area contributed by atoms with Crippen molar-refractivity contribution in [2.24, 2.45) is 0 Å². The van der Waals surface area contributed by atoms with Crippen LogP contribution in [-0.2, 0) is 10.2 Å². The van der Waals surface area contributed by atoms with Crippen LogP contribution in [-0.4, -0.2) is 36.0 Å². The zero-order chi connectivity index (χ0) is 15.0. The highest BCUT2D eigenvalue weighted by Crippen LogP contribution is 2.34.